The van der Waals surface area contributed by atoms with Crippen molar-refractivity contribution in [2.24, 2.45) is 0 Å². The normalized spacial score (nSPS) is 21.1. The zero-order valence-corrected chi connectivity index (χ0v) is 17.3. The van der Waals surface area contributed by atoms with Gasteiger partial charge in [0.1, 0.15) is 6.10 Å². The molecule has 29 heavy (non-hydrogen) atoms. The first-order valence-electron chi connectivity index (χ1n) is 9.39. The van der Waals surface area contributed by atoms with E-state index < -0.39 is 12.2 Å². The van der Waals surface area contributed by atoms with Gasteiger partial charge in [0.25, 0.3) is 11.8 Å². The van der Waals surface area contributed by atoms with Crippen LogP contribution in [-0.2, 0) is 4.79 Å². The molecule has 1 saturated heterocycles. The van der Waals surface area contributed by atoms with Crippen LogP contribution in [0, 0.1) is 0 Å². The van der Waals surface area contributed by atoms with E-state index in [0.717, 1.165) is 0 Å². The molecule has 2 amide bonds. The highest BCUT2D eigenvalue weighted by atomic mass is 35.5. The molecule has 0 radical (unpaired) electrons. The molecule has 152 valence electrons. The number of nitrogens with zero attached hydrogens (tertiary/aromatic N) is 2. The van der Waals surface area contributed by atoms with Crippen molar-refractivity contribution in [3.05, 3.63) is 58.1 Å². The summed E-state index contributed by atoms with van der Waals surface area (Å²) in [6.07, 6.45) is -1.11. The molecule has 2 atom stereocenters. The molecule has 8 heteroatoms. The molecule has 0 saturated carbocycles. The van der Waals surface area contributed by atoms with E-state index in [2.05, 4.69) is 0 Å². The lowest BCUT2D eigenvalue weighted by atomic mass is 10.1. The smallest absolute Gasteiger partial charge is 0.267 e. The van der Waals surface area contributed by atoms with Gasteiger partial charge >= 0.3 is 0 Å². The first-order chi connectivity index (χ1) is 13.9. The Morgan fingerprint density at radius 1 is 0.897 bits per heavy atom. The van der Waals surface area contributed by atoms with E-state index >= 15 is 0 Å². The van der Waals surface area contributed by atoms with Gasteiger partial charge in [0, 0.05) is 41.8 Å². The Morgan fingerprint density at radius 3 is 2.07 bits per heavy atom. The van der Waals surface area contributed by atoms with Gasteiger partial charge in [0.2, 0.25) is 6.10 Å². The van der Waals surface area contributed by atoms with Gasteiger partial charge < -0.3 is 19.3 Å². The van der Waals surface area contributed by atoms with Crippen LogP contribution in [0.25, 0.3) is 0 Å². The first kappa shape index (κ1) is 19.9. The summed E-state index contributed by atoms with van der Waals surface area (Å²) in [5.41, 5.74) is 0.441. The van der Waals surface area contributed by atoms with Crippen molar-refractivity contribution in [2.45, 2.75) is 19.1 Å². The summed E-state index contributed by atoms with van der Waals surface area (Å²) in [5.74, 6) is 0.918. The zero-order valence-electron chi connectivity index (χ0n) is 15.8. The van der Waals surface area contributed by atoms with Crippen LogP contribution in [0.5, 0.6) is 11.5 Å². The number of carbonyl (C=O) groups is 2. The minimum atomic E-state index is -0.709. The number of ether oxygens (including phenoxy) is 2. The summed E-state index contributed by atoms with van der Waals surface area (Å²) in [4.78, 5) is 29.1. The molecular weight excluding hydrogens is 415 g/mol. The van der Waals surface area contributed by atoms with E-state index in [1.165, 1.54) is 0 Å². The van der Waals surface area contributed by atoms with Gasteiger partial charge in [-0.3, -0.25) is 9.59 Å². The predicted molar refractivity (Wildman–Crippen MR) is 110 cm³/mol. The molecule has 0 spiro atoms. The fourth-order valence-corrected chi connectivity index (χ4v) is 4.09. The molecule has 2 unspecified atom stereocenters. The van der Waals surface area contributed by atoms with Crippen molar-refractivity contribution in [1.29, 1.82) is 0 Å². The topological polar surface area (TPSA) is 59.1 Å². The van der Waals surface area contributed by atoms with E-state index in [0.29, 0.717) is 53.3 Å². The van der Waals surface area contributed by atoms with Crippen LogP contribution in [0.4, 0.5) is 0 Å². The Balaban J connectivity index is 1.39. The van der Waals surface area contributed by atoms with Gasteiger partial charge in [0.15, 0.2) is 11.5 Å². The molecule has 0 aliphatic carbocycles. The Bertz CT molecular complexity index is 924. The SMILES string of the molecule is CC1Oc2ccccc2OC1C(=O)N1CCN(C(=O)c2cc(Cl)cc(Cl)c2)CC1. The number of carbonyl (C=O) groups excluding carboxylic acids is 2. The van der Waals surface area contributed by atoms with Crippen molar-refractivity contribution >= 4 is 35.0 Å². The van der Waals surface area contributed by atoms with Crippen molar-refractivity contribution in [1.82, 2.24) is 9.80 Å². The van der Waals surface area contributed by atoms with E-state index in [1.54, 1.807) is 34.1 Å². The summed E-state index contributed by atoms with van der Waals surface area (Å²) in [5, 5.41) is 0.830. The molecule has 2 aromatic carbocycles. The third kappa shape index (κ3) is 4.14. The van der Waals surface area contributed by atoms with Gasteiger partial charge in [-0.2, -0.15) is 0 Å². The molecule has 0 bridgehead atoms. The van der Waals surface area contributed by atoms with Crippen LogP contribution >= 0.6 is 23.2 Å². The molecular formula is C21H20Cl2N2O4. The standard InChI is InChI=1S/C21H20Cl2N2O4/c1-13-19(29-18-5-3-2-4-17(18)28-13)21(27)25-8-6-24(7-9-25)20(26)14-10-15(22)12-16(23)11-14/h2-5,10-13,19H,6-9H2,1H3. The van der Waals surface area contributed by atoms with Crippen molar-refractivity contribution in [3.63, 3.8) is 0 Å². The average molecular weight is 435 g/mol. The van der Waals surface area contributed by atoms with E-state index in [9.17, 15) is 9.59 Å². The zero-order chi connectivity index (χ0) is 20.5. The highest BCUT2D eigenvalue weighted by Gasteiger charge is 2.38. The van der Waals surface area contributed by atoms with Crippen LogP contribution in [-0.4, -0.2) is 60.0 Å². The number of halogens is 2. The Hall–Kier alpha value is -2.44. The second kappa shape index (κ2) is 8.13. The maximum absolute atomic E-state index is 13.0. The maximum Gasteiger partial charge on any atom is 0.267 e. The number of fused-ring (bicyclic) bond motifs is 1. The summed E-state index contributed by atoms with van der Waals surface area (Å²) in [7, 11) is 0. The molecule has 1 fully saturated rings. The van der Waals surface area contributed by atoms with Gasteiger partial charge in [-0.15, -0.1) is 0 Å². The van der Waals surface area contributed by atoms with Crippen LogP contribution < -0.4 is 9.47 Å². The molecule has 6 nitrogen and oxygen atoms in total. The molecule has 2 aromatic rings. The van der Waals surface area contributed by atoms with Gasteiger partial charge in [0.05, 0.1) is 0 Å². The summed E-state index contributed by atoms with van der Waals surface area (Å²) < 4.78 is 11.7. The first-order valence-corrected chi connectivity index (χ1v) is 10.1. The van der Waals surface area contributed by atoms with E-state index in [-0.39, 0.29) is 11.8 Å². The quantitative estimate of drug-likeness (QED) is 0.725. The molecule has 4 rings (SSSR count). The second-order valence-corrected chi connectivity index (χ2v) is 7.96. The third-order valence-corrected chi connectivity index (χ3v) is 5.51. The van der Waals surface area contributed by atoms with Crippen LogP contribution in [0.2, 0.25) is 10.0 Å². The molecule has 2 aliphatic heterocycles. The number of piperazine rings is 1. The third-order valence-electron chi connectivity index (χ3n) is 5.07. The lowest BCUT2D eigenvalue weighted by Gasteiger charge is -2.38. The number of hydrogen-bond donors (Lipinski definition) is 0. The molecule has 0 N–H and O–H groups in total. The van der Waals surface area contributed by atoms with Gasteiger partial charge in [-0.25, -0.2) is 0 Å². The highest BCUT2D eigenvalue weighted by molar-refractivity contribution is 6.35. The largest absolute Gasteiger partial charge is 0.482 e. The van der Waals surface area contributed by atoms with Crippen molar-refractivity contribution in [2.75, 3.05) is 26.2 Å². The van der Waals surface area contributed by atoms with E-state index in [4.69, 9.17) is 32.7 Å². The Kier molecular flexibility index (Phi) is 5.56. The molecule has 2 heterocycles. The van der Waals surface area contributed by atoms with Crippen molar-refractivity contribution < 1.29 is 19.1 Å². The van der Waals surface area contributed by atoms with Gasteiger partial charge in [-0.1, -0.05) is 35.3 Å². The van der Waals surface area contributed by atoms with Crippen LogP contribution in [0.3, 0.4) is 0 Å². The number of hydrogen-bond acceptors (Lipinski definition) is 4. The lowest BCUT2D eigenvalue weighted by molar-refractivity contribution is -0.145. The summed E-state index contributed by atoms with van der Waals surface area (Å²) in [6.45, 7) is 3.52. The minimum Gasteiger partial charge on any atom is -0.482 e. The average Bonchev–Trinajstić information content (AvgIpc) is 2.71. The Morgan fingerprint density at radius 2 is 1.45 bits per heavy atom. The second-order valence-electron chi connectivity index (χ2n) is 7.08. The van der Waals surface area contributed by atoms with Crippen molar-refractivity contribution in [3.8, 4) is 11.5 Å². The summed E-state index contributed by atoms with van der Waals surface area (Å²) >= 11 is 12.0. The maximum atomic E-state index is 13.0. The molecule has 0 aromatic heterocycles. The highest BCUT2D eigenvalue weighted by Crippen LogP contribution is 2.34. The Labute approximate surface area is 178 Å². The number of rotatable bonds is 2. The van der Waals surface area contributed by atoms with Crippen LogP contribution in [0.1, 0.15) is 17.3 Å². The fraction of sp³-hybridized carbons (Fsp3) is 0.333. The lowest BCUT2D eigenvalue weighted by Crippen LogP contribution is -2.56. The number of para-hydroxylation sites is 2. The van der Waals surface area contributed by atoms with Crippen LogP contribution in [0.15, 0.2) is 42.5 Å². The predicted octanol–water partition coefficient (Wildman–Crippen LogP) is 3.51. The summed E-state index contributed by atoms with van der Waals surface area (Å²) in [6, 6.07) is 12.1. The monoisotopic (exact) mass is 434 g/mol. The number of benzene rings is 2. The fourth-order valence-electron chi connectivity index (χ4n) is 3.56. The molecule has 2 aliphatic rings. The minimum absolute atomic E-state index is 0.134. The number of amides is 2. The van der Waals surface area contributed by atoms with E-state index in [1.807, 2.05) is 25.1 Å². The van der Waals surface area contributed by atoms with Gasteiger partial charge in [-0.05, 0) is 37.3 Å².